The molecule has 0 aliphatic carbocycles. The maximum atomic E-state index is 14.6. The topological polar surface area (TPSA) is 96.0 Å². The normalized spacial score (nSPS) is 11.8. The summed E-state index contributed by atoms with van der Waals surface area (Å²) in [7, 11) is -4.20. The first-order valence-corrected chi connectivity index (χ1v) is 17.5. The maximum absolute atomic E-state index is 14.6. The third-order valence-electron chi connectivity index (χ3n) is 7.54. The van der Waals surface area contributed by atoms with Gasteiger partial charge in [0.1, 0.15) is 18.3 Å². The van der Waals surface area contributed by atoms with Gasteiger partial charge in [0.15, 0.2) is 0 Å². The fourth-order valence-electron chi connectivity index (χ4n) is 5.03. The number of anilines is 1. The van der Waals surface area contributed by atoms with E-state index < -0.39 is 28.5 Å². The minimum atomic E-state index is -4.20. The Kier molecular flexibility index (Phi) is 12.4. The lowest BCUT2D eigenvalue weighted by Gasteiger charge is -2.34. The monoisotopic (exact) mass is 705 g/mol. The highest BCUT2D eigenvalue weighted by Gasteiger charge is 2.34. The zero-order chi connectivity index (χ0) is 33.1. The Bertz CT molecular complexity index is 1700. The van der Waals surface area contributed by atoms with Crippen molar-refractivity contribution in [2.45, 2.75) is 51.1 Å². The molecule has 0 saturated carbocycles. The summed E-state index contributed by atoms with van der Waals surface area (Å²) in [5.74, 6) is -0.225. The fraction of sp³-hybridized carbons (Fsp3) is 0.278. The molecule has 242 valence electrons. The fourth-order valence-corrected chi connectivity index (χ4v) is 6.71. The number of carbonyl (C=O) groups is 2. The lowest BCUT2D eigenvalue weighted by molar-refractivity contribution is -0.140. The van der Waals surface area contributed by atoms with E-state index in [0.717, 1.165) is 31.9 Å². The molecule has 10 heteroatoms. The predicted octanol–water partition coefficient (Wildman–Crippen LogP) is 6.52. The van der Waals surface area contributed by atoms with Crippen molar-refractivity contribution >= 4 is 43.5 Å². The van der Waals surface area contributed by atoms with Crippen LogP contribution in [0.3, 0.4) is 0 Å². The highest BCUT2D eigenvalue weighted by atomic mass is 79.9. The van der Waals surface area contributed by atoms with E-state index in [1.54, 1.807) is 36.4 Å². The number of hydrogen-bond donors (Lipinski definition) is 1. The number of hydrogen-bond acceptors (Lipinski definition) is 5. The van der Waals surface area contributed by atoms with Gasteiger partial charge in [0, 0.05) is 24.0 Å². The van der Waals surface area contributed by atoms with Crippen molar-refractivity contribution in [2.75, 3.05) is 24.0 Å². The molecule has 0 aliphatic heterocycles. The molecule has 0 aliphatic rings. The molecule has 0 heterocycles. The molecule has 8 nitrogen and oxygen atoms in total. The molecule has 2 amide bonds. The molecule has 0 bridgehead atoms. The maximum Gasteiger partial charge on any atom is 0.264 e. The number of rotatable bonds is 15. The number of sulfonamides is 1. The number of halogens is 1. The van der Waals surface area contributed by atoms with Gasteiger partial charge in [-0.2, -0.15) is 0 Å². The van der Waals surface area contributed by atoms with E-state index in [0.29, 0.717) is 24.6 Å². The summed E-state index contributed by atoms with van der Waals surface area (Å²) < 4.78 is 35.8. The van der Waals surface area contributed by atoms with Gasteiger partial charge in [0.2, 0.25) is 11.8 Å². The van der Waals surface area contributed by atoms with Crippen molar-refractivity contribution < 1.29 is 22.7 Å². The SMILES string of the molecule is CCCNC(=O)C(Cc1ccccc1)N(Cc1ccccc1C)C(=O)CN(c1ccc(OCC)cc1)S(=O)(=O)c1ccc(Br)cc1. The third-order valence-corrected chi connectivity index (χ3v) is 9.86. The Morgan fingerprint density at radius 3 is 2.15 bits per heavy atom. The van der Waals surface area contributed by atoms with Gasteiger partial charge in [-0.05, 0) is 85.5 Å². The first-order chi connectivity index (χ1) is 22.1. The second-order valence-corrected chi connectivity index (χ2v) is 13.6. The van der Waals surface area contributed by atoms with Crippen LogP contribution in [0.25, 0.3) is 0 Å². The van der Waals surface area contributed by atoms with Crippen molar-refractivity contribution in [3.63, 3.8) is 0 Å². The Morgan fingerprint density at radius 2 is 1.52 bits per heavy atom. The number of nitrogens with one attached hydrogen (secondary N) is 1. The summed E-state index contributed by atoms with van der Waals surface area (Å²) >= 11 is 3.37. The molecule has 0 radical (unpaired) electrons. The molecule has 1 atom stereocenters. The number of benzene rings is 4. The van der Waals surface area contributed by atoms with Crippen LogP contribution in [0.4, 0.5) is 5.69 Å². The molecule has 4 aromatic rings. The zero-order valence-corrected chi connectivity index (χ0v) is 28.8. The Morgan fingerprint density at radius 1 is 0.870 bits per heavy atom. The second kappa shape index (κ2) is 16.4. The largest absolute Gasteiger partial charge is 0.494 e. The summed E-state index contributed by atoms with van der Waals surface area (Å²) in [4.78, 5) is 29.9. The quantitative estimate of drug-likeness (QED) is 0.152. The van der Waals surface area contributed by atoms with Crippen LogP contribution in [0.2, 0.25) is 0 Å². The Balaban J connectivity index is 1.80. The lowest BCUT2D eigenvalue weighted by atomic mass is 10.0. The van der Waals surface area contributed by atoms with Gasteiger partial charge in [-0.25, -0.2) is 8.42 Å². The van der Waals surface area contributed by atoms with Crippen molar-refractivity contribution in [3.05, 3.63) is 124 Å². The van der Waals surface area contributed by atoms with E-state index in [9.17, 15) is 18.0 Å². The minimum Gasteiger partial charge on any atom is -0.494 e. The van der Waals surface area contributed by atoms with Crippen LogP contribution < -0.4 is 14.4 Å². The van der Waals surface area contributed by atoms with E-state index in [-0.39, 0.29) is 23.8 Å². The number of aryl methyl sites for hydroxylation is 1. The first kappa shape index (κ1) is 34.7. The van der Waals surface area contributed by atoms with Crippen molar-refractivity contribution in [2.24, 2.45) is 0 Å². The Labute approximate surface area is 280 Å². The molecular weight excluding hydrogens is 666 g/mol. The summed E-state index contributed by atoms with van der Waals surface area (Å²) in [6, 6.07) is 29.2. The third kappa shape index (κ3) is 8.98. The molecule has 4 rings (SSSR count). The lowest BCUT2D eigenvalue weighted by Crippen LogP contribution is -2.53. The van der Waals surface area contributed by atoms with Gasteiger partial charge in [0.05, 0.1) is 17.2 Å². The molecule has 4 aromatic carbocycles. The van der Waals surface area contributed by atoms with Crippen LogP contribution in [-0.4, -0.2) is 50.9 Å². The van der Waals surface area contributed by atoms with E-state index in [2.05, 4.69) is 21.2 Å². The summed E-state index contributed by atoms with van der Waals surface area (Å²) in [5.41, 5.74) is 3.00. The van der Waals surface area contributed by atoms with Gasteiger partial charge in [-0.15, -0.1) is 0 Å². The smallest absolute Gasteiger partial charge is 0.264 e. The average molecular weight is 707 g/mol. The summed E-state index contributed by atoms with van der Waals surface area (Å²) in [6.07, 6.45) is 0.989. The summed E-state index contributed by atoms with van der Waals surface area (Å²) in [6.45, 7) is 6.28. The van der Waals surface area contributed by atoms with Gasteiger partial charge >= 0.3 is 0 Å². The van der Waals surface area contributed by atoms with Gasteiger partial charge in [-0.3, -0.25) is 13.9 Å². The molecule has 0 spiro atoms. The van der Waals surface area contributed by atoms with Crippen molar-refractivity contribution in [1.29, 1.82) is 0 Å². The molecule has 1 N–H and O–H groups in total. The van der Waals surface area contributed by atoms with Crippen LogP contribution >= 0.6 is 15.9 Å². The second-order valence-electron chi connectivity index (χ2n) is 10.8. The first-order valence-electron chi connectivity index (χ1n) is 15.3. The molecule has 0 saturated heterocycles. The number of amides is 2. The van der Waals surface area contributed by atoms with Crippen LogP contribution in [0.1, 0.15) is 37.0 Å². The number of ether oxygens (including phenoxy) is 1. The van der Waals surface area contributed by atoms with Crippen molar-refractivity contribution in [3.8, 4) is 5.75 Å². The predicted molar refractivity (Wildman–Crippen MR) is 185 cm³/mol. The van der Waals surface area contributed by atoms with Crippen LogP contribution in [0.15, 0.2) is 112 Å². The zero-order valence-electron chi connectivity index (χ0n) is 26.4. The van der Waals surface area contributed by atoms with E-state index in [4.69, 9.17) is 4.74 Å². The Hall–Kier alpha value is -4.15. The number of carbonyl (C=O) groups excluding carboxylic acids is 2. The highest BCUT2D eigenvalue weighted by molar-refractivity contribution is 9.10. The molecule has 1 unspecified atom stereocenters. The van der Waals surface area contributed by atoms with Gasteiger partial charge in [0.25, 0.3) is 10.0 Å². The van der Waals surface area contributed by atoms with Crippen LogP contribution in [0.5, 0.6) is 5.75 Å². The van der Waals surface area contributed by atoms with E-state index >= 15 is 0 Å². The minimum absolute atomic E-state index is 0.0318. The number of nitrogens with zero attached hydrogens (tertiary/aromatic N) is 2. The molecule has 0 fully saturated rings. The standard InChI is InChI=1S/C36H40BrN3O5S/c1-4-23-38-36(42)34(24-28-12-7-6-8-13-28)39(25-29-14-10-9-11-27(29)3)35(41)26-40(31-17-19-32(20-18-31)45-5-2)46(43,44)33-21-15-30(37)16-22-33/h6-22,34H,4-5,23-26H2,1-3H3,(H,38,42). The highest BCUT2D eigenvalue weighted by Crippen LogP contribution is 2.28. The average Bonchev–Trinajstić information content (AvgIpc) is 3.06. The van der Waals surface area contributed by atoms with Crippen LogP contribution in [0, 0.1) is 6.92 Å². The summed E-state index contributed by atoms with van der Waals surface area (Å²) in [5, 5.41) is 2.97. The van der Waals surface area contributed by atoms with Gasteiger partial charge < -0.3 is 15.0 Å². The van der Waals surface area contributed by atoms with Crippen LogP contribution in [-0.2, 0) is 32.6 Å². The van der Waals surface area contributed by atoms with E-state index in [1.165, 1.54) is 17.0 Å². The molecule has 46 heavy (non-hydrogen) atoms. The van der Waals surface area contributed by atoms with Crippen molar-refractivity contribution in [1.82, 2.24) is 10.2 Å². The molecule has 0 aromatic heterocycles. The van der Waals surface area contributed by atoms with E-state index in [1.807, 2.05) is 75.4 Å². The van der Waals surface area contributed by atoms with Gasteiger partial charge in [-0.1, -0.05) is 77.5 Å². The molecular formula is C36H40BrN3O5S.